The van der Waals surface area contributed by atoms with Crippen molar-refractivity contribution in [2.75, 3.05) is 0 Å². The molecule has 0 saturated carbocycles. The Morgan fingerprint density at radius 1 is 1.32 bits per heavy atom. The molecule has 0 saturated heterocycles. The highest BCUT2D eigenvalue weighted by atomic mass is 32.1. The van der Waals surface area contributed by atoms with Crippen molar-refractivity contribution in [1.29, 1.82) is 0 Å². The highest BCUT2D eigenvalue weighted by Gasteiger charge is 2.19. The van der Waals surface area contributed by atoms with Crippen LogP contribution >= 0.6 is 11.3 Å². The van der Waals surface area contributed by atoms with E-state index in [2.05, 4.69) is 46.9 Å². The monoisotopic (exact) mass is 312 g/mol. The van der Waals surface area contributed by atoms with Gasteiger partial charge in [-0.2, -0.15) is 0 Å². The van der Waals surface area contributed by atoms with Gasteiger partial charge in [0.1, 0.15) is 10.7 Å². The molecule has 1 aliphatic rings. The molecule has 5 heteroatoms. The summed E-state index contributed by atoms with van der Waals surface area (Å²) in [5, 5.41) is 4.77. The molecule has 22 heavy (non-hydrogen) atoms. The van der Waals surface area contributed by atoms with Crippen LogP contribution in [0.4, 0.5) is 0 Å². The molecule has 3 aromatic heterocycles. The smallest absolute Gasteiger partial charge is 0.137 e. The number of rotatable bonds is 4. The highest BCUT2D eigenvalue weighted by molar-refractivity contribution is 7.11. The Kier molecular flexibility index (Phi) is 3.47. The molecule has 4 nitrogen and oxygen atoms in total. The Bertz CT molecular complexity index is 796. The Balaban J connectivity index is 1.47. The number of aromatic nitrogens is 3. The molecule has 3 aromatic rings. The predicted molar refractivity (Wildman–Crippen MR) is 89.3 cm³/mol. The van der Waals surface area contributed by atoms with E-state index in [1.165, 1.54) is 34.1 Å². The summed E-state index contributed by atoms with van der Waals surface area (Å²) in [5.41, 5.74) is 4.63. The first kappa shape index (κ1) is 13.9. The van der Waals surface area contributed by atoms with Gasteiger partial charge in [0, 0.05) is 23.3 Å². The number of aryl methyl sites for hydroxylation is 3. The normalized spacial score (nSPS) is 15.4. The number of hydrogen-bond donors (Lipinski definition) is 1. The van der Waals surface area contributed by atoms with Gasteiger partial charge in [0.15, 0.2) is 0 Å². The van der Waals surface area contributed by atoms with E-state index in [0.717, 1.165) is 24.3 Å². The van der Waals surface area contributed by atoms with Gasteiger partial charge in [0.2, 0.25) is 0 Å². The molecule has 0 amide bonds. The van der Waals surface area contributed by atoms with Crippen LogP contribution in [0.25, 0.3) is 5.65 Å². The van der Waals surface area contributed by atoms with Crippen molar-refractivity contribution in [2.45, 2.75) is 45.7 Å². The zero-order valence-corrected chi connectivity index (χ0v) is 13.8. The zero-order valence-electron chi connectivity index (χ0n) is 13.0. The lowest BCUT2D eigenvalue weighted by atomic mass is 10.3. The average molecular weight is 312 g/mol. The SMILES string of the molecule is Cc1cccc2nc(CN[C@@H](C)c3nc4c(s3)CCC4)cn12. The van der Waals surface area contributed by atoms with E-state index in [9.17, 15) is 0 Å². The maximum atomic E-state index is 4.79. The Morgan fingerprint density at radius 3 is 3.05 bits per heavy atom. The summed E-state index contributed by atoms with van der Waals surface area (Å²) < 4.78 is 2.14. The van der Waals surface area contributed by atoms with E-state index >= 15 is 0 Å². The Morgan fingerprint density at radius 2 is 2.23 bits per heavy atom. The molecule has 114 valence electrons. The highest BCUT2D eigenvalue weighted by Crippen LogP contribution is 2.30. The maximum absolute atomic E-state index is 4.79. The average Bonchev–Trinajstić information content (AvgIpc) is 3.18. The van der Waals surface area contributed by atoms with Gasteiger partial charge in [-0.25, -0.2) is 9.97 Å². The van der Waals surface area contributed by atoms with Crippen LogP contribution in [0.2, 0.25) is 0 Å². The van der Waals surface area contributed by atoms with Gasteiger partial charge in [-0.1, -0.05) is 6.07 Å². The van der Waals surface area contributed by atoms with Gasteiger partial charge in [0.05, 0.1) is 17.4 Å². The first-order valence-electron chi connectivity index (χ1n) is 7.86. The molecule has 1 aliphatic carbocycles. The molecule has 3 heterocycles. The van der Waals surface area contributed by atoms with Crippen molar-refractivity contribution in [3.05, 3.63) is 51.4 Å². The largest absolute Gasteiger partial charge is 0.304 e. The van der Waals surface area contributed by atoms with Crippen LogP contribution in [0.1, 0.15) is 46.4 Å². The minimum atomic E-state index is 0.279. The fourth-order valence-corrected chi connectivity index (χ4v) is 4.20. The molecule has 1 atom stereocenters. The molecule has 0 radical (unpaired) electrons. The summed E-state index contributed by atoms with van der Waals surface area (Å²) in [7, 11) is 0. The van der Waals surface area contributed by atoms with Gasteiger partial charge in [-0.3, -0.25) is 0 Å². The van der Waals surface area contributed by atoms with E-state index in [-0.39, 0.29) is 6.04 Å². The first-order chi connectivity index (χ1) is 10.7. The molecule has 0 spiro atoms. The molecule has 1 N–H and O–H groups in total. The number of thiazole rings is 1. The third-order valence-electron chi connectivity index (χ3n) is 4.32. The van der Waals surface area contributed by atoms with Crippen LogP contribution in [-0.4, -0.2) is 14.4 Å². The minimum Gasteiger partial charge on any atom is -0.304 e. The number of nitrogens with zero attached hydrogens (tertiary/aromatic N) is 3. The van der Waals surface area contributed by atoms with Crippen molar-refractivity contribution >= 4 is 17.0 Å². The van der Waals surface area contributed by atoms with Crippen molar-refractivity contribution in [2.24, 2.45) is 0 Å². The molecule has 0 fully saturated rings. The van der Waals surface area contributed by atoms with Gasteiger partial charge in [0.25, 0.3) is 0 Å². The van der Waals surface area contributed by atoms with E-state index in [1.54, 1.807) is 0 Å². The van der Waals surface area contributed by atoms with Crippen molar-refractivity contribution in [3.8, 4) is 0 Å². The molecular weight excluding hydrogens is 292 g/mol. The summed E-state index contributed by atoms with van der Waals surface area (Å²) >= 11 is 1.87. The molecule has 0 aromatic carbocycles. The second-order valence-corrected chi connectivity index (χ2v) is 7.12. The predicted octanol–water partition coefficient (Wildman–Crippen LogP) is 3.44. The topological polar surface area (TPSA) is 42.2 Å². The van der Waals surface area contributed by atoms with E-state index in [1.807, 2.05) is 17.4 Å². The molecule has 0 bridgehead atoms. The van der Waals surface area contributed by atoms with E-state index < -0.39 is 0 Å². The maximum Gasteiger partial charge on any atom is 0.137 e. The molecule has 0 unspecified atom stereocenters. The standard InChI is InChI=1S/C17H20N4S/c1-11-5-3-8-16-19-13(10-21(11)16)9-18-12(2)17-20-14-6-4-7-15(14)22-17/h3,5,8,10,12,18H,4,6-7,9H2,1-2H3/t12-/m0/s1. The number of pyridine rings is 1. The second-order valence-electron chi connectivity index (χ2n) is 6.01. The summed E-state index contributed by atoms with van der Waals surface area (Å²) in [6, 6.07) is 6.48. The summed E-state index contributed by atoms with van der Waals surface area (Å²) in [4.78, 5) is 11.0. The number of hydrogen-bond acceptors (Lipinski definition) is 4. The molecule has 4 rings (SSSR count). The number of imidazole rings is 1. The van der Waals surface area contributed by atoms with Crippen molar-refractivity contribution < 1.29 is 0 Å². The van der Waals surface area contributed by atoms with Gasteiger partial charge in [-0.05, 0) is 45.2 Å². The van der Waals surface area contributed by atoms with Crippen LogP contribution in [0.3, 0.4) is 0 Å². The zero-order chi connectivity index (χ0) is 15.1. The summed E-state index contributed by atoms with van der Waals surface area (Å²) in [6.45, 7) is 5.06. The van der Waals surface area contributed by atoms with Crippen LogP contribution < -0.4 is 5.32 Å². The Labute approximate surface area is 134 Å². The van der Waals surface area contributed by atoms with Gasteiger partial charge >= 0.3 is 0 Å². The lowest BCUT2D eigenvalue weighted by Crippen LogP contribution is -2.18. The van der Waals surface area contributed by atoms with Crippen LogP contribution in [0.15, 0.2) is 24.4 Å². The minimum absolute atomic E-state index is 0.279. The van der Waals surface area contributed by atoms with E-state index in [0.29, 0.717) is 0 Å². The third-order valence-corrected chi connectivity index (χ3v) is 5.66. The lowest BCUT2D eigenvalue weighted by Gasteiger charge is -2.09. The first-order valence-corrected chi connectivity index (χ1v) is 8.68. The second kappa shape index (κ2) is 5.48. The molecule has 0 aliphatic heterocycles. The van der Waals surface area contributed by atoms with Crippen LogP contribution in [0, 0.1) is 6.92 Å². The number of fused-ring (bicyclic) bond motifs is 2. The fourth-order valence-electron chi connectivity index (χ4n) is 3.02. The third kappa shape index (κ3) is 2.44. The van der Waals surface area contributed by atoms with Crippen LogP contribution in [0.5, 0.6) is 0 Å². The van der Waals surface area contributed by atoms with Crippen molar-refractivity contribution in [1.82, 2.24) is 19.7 Å². The molecular formula is C17H20N4S. The van der Waals surface area contributed by atoms with Crippen molar-refractivity contribution in [3.63, 3.8) is 0 Å². The van der Waals surface area contributed by atoms with Gasteiger partial charge < -0.3 is 9.72 Å². The Hall–Kier alpha value is -1.72. The summed E-state index contributed by atoms with van der Waals surface area (Å²) in [5.74, 6) is 0. The fraction of sp³-hybridized carbons (Fsp3) is 0.412. The summed E-state index contributed by atoms with van der Waals surface area (Å²) in [6.07, 6.45) is 5.76. The van der Waals surface area contributed by atoms with E-state index in [4.69, 9.17) is 4.98 Å². The van der Waals surface area contributed by atoms with Crippen LogP contribution in [-0.2, 0) is 19.4 Å². The lowest BCUT2D eigenvalue weighted by molar-refractivity contribution is 0.565. The quantitative estimate of drug-likeness (QED) is 0.802. The van der Waals surface area contributed by atoms with Gasteiger partial charge in [-0.15, -0.1) is 11.3 Å². The number of nitrogens with one attached hydrogen (secondary N) is 1.